The van der Waals surface area contributed by atoms with Crippen LogP contribution < -0.4 is 5.32 Å². The number of nitrogens with one attached hydrogen (secondary N) is 1. The summed E-state index contributed by atoms with van der Waals surface area (Å²) < 4.78 is 0. The molecule has 1 fully saturated rings. The van der Waals surface area contributed by atoms with Gasteiger partial charge in [0.25, 0.3) is 0 Å². The number of hydrogen-bond acceptors (Lipinski definition) is 2. The van der Waals surface area contributed by atoms with E-state index in [1.807, 2.05) is 6.92 Å². The van der Waals surface area contributed by atoms with Crippen molar-refractivity contribution in [3.8, 4) is 0 Å². The van der Waals surface area contributed by atoms with E-state index in [9.17, 15) is 5.11 Å². The topological polar surface area (TPSA) is 32.3 Å². The average Bonchev–Trinajstić information content (AvgIpc) is 2.19. The van der Waals surface area contributed by atoms with E-state index in [0.29, 0.717) is 5.92 Å². The fourth-order valence-electron chi connectivity index (χ4n) is 2.63. The highest BCUT2D eigenvalue weighted by Crippen LogP contribution is 2.38. The van der Waals surface area contributed by atoms with Gasteiger partial charge in [0.2, 0.25) is 0 Å². The zero-order valence-corrected chi connectivity index (χ0v) is 10.7. The highest BCUT2D eigenvalue weighted by molar-refractivity contribution is 4.89. The highest BCUT2D eigenvalue weighted by atomic mass is 16.3. The fourth-order valence-corrected chi connectivity index (χ4v) is 2.63. The number of hydrogen-bond donors (Lipinski definition) is 2. The predicted molar refractivity (Wildman–Crippen MR) is 64.8 cm³/mol. The van der Waals surface area contributed by atoms with Crippen LogP contribution in [0.3, 0.4) is 0 Å². The van der Waals surface area contributed by atoms with Gasteiger partial charge >= 0.3 is 0 Å². The summed E-state index contributed by atoms with van der Waals surface area (Å²) in [5.41, 5.74) is -0.523. The molecule has 1 aliphatic carbocycles. The summed E-state index contributed by atoms with van der Waals surface area (Å²) in [5.74, 6) is 2.07. The van der Waals surface area contributed by atoms with E-state index in [2.05, 4.69) is 26.1 Å². The summed E-state index contributed by atoms with van der Waals surface area (Å²) in [5, 5.41) is 13.7. The third-order valence-corrected chi connectivity index (χ3v) is 4.21. The van der Waals surface area contributed by atoms with Crippen LogP contribution in [0.25, 0.3) is 0 Å². The van der Waals surface area contributed by atoms with Gasteiger partial charge in [-0.25, -0.2) is 0 Å². The van der Waals surface area contributed by atoms with Crippen LogP contribution in [-0.2, 0) is 0 Å². The van der Waals surface area contributed by atoms with Crippen LogP contribution in [0.1, 0.15) is 47.0 Å². The van der Waals surface area contributed by atoms with Gasteiger partial charge < -0.3 is 10.4 Å². The van der Waals surface area contributed by atoms with Gasteiger partial charge in [-0.2, -0.15) is 0 Å². The van der Waals surface area contributed by atoms with E-state index in [1.165, 1.54) is 19.3 Å². The minimum absolute atomic E-state index is 0.475. The second-order valence-corrected chi connectivity index (χ2v) is 5.60. The van der Waals surface area contributed by atoms with Crippen molar-refractivity contribution in [1.82, 2.24) is 5.32 Å². The summed E-state index contributed by atoms with van der Waals surface area (Å²) >= 11 is 0. The van der Waals surface area contributed by atoms with Gasteiger partial charge in [0.05, 0.1) is 5.60 Å². The number of likely N-dealkylation sites (N-methyl/N-ethyl adjacent to an activating group) is 1. The molecule has 0 aromatic carbocycles. The molecule has 0 saturated heterocycles. The molecule has 0 radical (unpaired) electrons. The smallest absolute Gasteiger partial charge is 0.0771 e. The summed E-state index contributed by atoms with van der Waals surface area (Å²) in [6, 6.07) is 0. The van der Waals surface area contributed by atoms with E-state index in [1.54, 1.807) is 0 Å². The Morgan fingerprint density at radius 3 is 2.47 bits per heavy atom. The van der Waals surface area contributed by atoms with Crippen molar-refractivity contribution >= 4 is 0 Å². The maximum atomic E-state index is 10.4. The van der Waals surface area contributed by atoms with Crippen LogP contribution in [0.5, 0.6) is 0 Å². The first kappa shape index (κ1) is 13.0. The Morgan fingerprint density at radius 1 is 1.27 bits per heavy atom. The van der Waals surface area contributed by atoms with Crippen LogP contribution in [-0.4, -0.2) is 23.8 Å². The molecule has 1 saturated carbocycles. The van der Waals surface area contributed by atoms with E-state index < -0.39 is 5.60 Å². The van der Waals surface area contributed by atoms with Crippen LogP contribution in [0, 0.1) is 17.8 Å². The van der Waals surface area contributed by atoms with Gasteiger partial charge in [0.15, 0.2) is 0 Å². The monoisotopic (exact) mass is 213 g/mol. The Labute approximate surface area is 94.5 Å². The SMILES string of the molecule is CCNCC(C)(O)C1CCC(C)C(C)C1. The molecule has 0 spiro atoms. The lowest BCUT2D eigenvalue weighted by atomic mass is 9.70. The summed E-state index contributed by atoms with van der Waals surface area (Å²) in [6.45, 7) is 10.4. The molecule has 2 nitrogen and oxygen atoms in total. The maximum Gasteiger partial charge on any atom is 0.0771 e. The molecular weight excluding hydrogens is 186 g/mol. The van der Waals surface area contributed by atoms with Crippen molar-refractivity contribution in [1.29, 1.82) is 0 Å². The first-order chi connectivity index (χ1) is 6.97. The second kappa shape index (κ2) is 5.31. The predicted octanol–water partition coefficient (Wildman–Crippen LogP) is 2.42. The highest BCUT2D eigenvalue weighted by Gasteiger charge is 2.36. The molecule has 0 amide bonds. The molecule has 0 aromatic rings. The Hall–Kier alpha value is -0.0800. The van der Waals surface area contributed by atoms with E-state index >= 15 is 0 Å². The Bertz CT molecular complexity index is 191. The summed E-state index contributed by atoms with van der Waals surface area (Å²) in [4.78, 5) is 0. The maximum absolute atomic E-state index is 10.4. The largest absolute Gasteiger partial charge is 0.389 e. The van der Waals surface area contributed by atoms with Crippen LogP contribution >= 0.6 is 0 Å². The summed E-state index contributed by atoms with van der Waals surface area (Å²) in [7, 11) is 0. The fraction of sp³-hybridized carbons (Fsp3) is 1.00. The number of rotatable bonds is 4. The van der Waals surface area contributed by atoms with Gasteiger partial charge in [0.1, 0.15) is 0 Å². The van der Waals surface area contributed by atoms with Crippen LogP contribution in [0.15, 0.2) is 0 Å². The lowest BCUT2D eigenvalue weighted by molar-refractivity contribution is -0.0302. The standard InChI is InChI=1S/C13H27NO/c1-5-14-9-13(4,15)12-7-6-10(2)11(3)8-12/h10-12,14-15H,5-9H2,1-4H3. The molecule has 4 unspecified atom stereocenters. The molecule has 1 rings (SSSR count). The third-order valence-electron chi connectivity index (χ3n) is 4.21. The molecule has 0 aromatic heterocycles. The zero-order chi connectivity index (χ0) is 11.5. The van der Waals surface area contributed by atoms with Crippen molar-refractivity contribution in [2.24, 2.45) is 17.8 Å². The van der Waals surface area contributed by atoms with Crippen molar-refractivity contribution in [3.63, 3.8) is 0 Å². The normalized spacial score (nSPS) is 36.2. The third kappa shape index (κ3) is 3.46. The first-order valence-electron chi connectivity index (χ1n) is 6.40. The molecule has 4 atom stereocenters. The molecule has 0 aliphatic heterocycles. The molecule has 2 N–H and O–H groups in total. The van der Waals surface area contributed by atoms with Gasteiger partial charge in [0, 0.05) is 6.54 Å². The van der Waals surface area contributed by atoms with Gasteiger partial charge in [-0.1, -0.05) is 27.2 Å². The average molecular weight is 213 g/mol. The molecule has 0 bridgehead atoms. The minimum atomic E-state index is -0.523. The molecule has 2 heteroatoms. The Balaban J connectivity index is 2.48. The van der Waals surface area contributed by atoms with E-state index in [-0.39, 0.29) is 0 Å². The molecule has 90 valence electrons. The summed E-state index contributed by atoms with van der Waals surface area (Å²) in [6.07, 6.45) is 3.64. The lowest BCUT2D eigenvalue weighted by Gasteiger charge is -2.40. The minimum Gasteiger partial charge on any atom is -0.389 e. The van der Waals surface area contributed by atoms with Crippen LogP contribution in [0.2, 0.25) is 0 Å². The van der Waals surface area contributed by atoms with Crippen molar-refractivity contribution in [3.05, 3.63) is 0 Å². The van der Waals surface area contributed by atoms with Crippen molar-refractivity contribution < 1.29 is 5.11 Å². The van der Waals surface area contributed by atoms with Gasteiger partial charge in [-0.3, -0.25) is 0 Å². The molecular formula is C13H27NO. The van der Waals surface area contributed by atoms with E-state index in [4.69, 9.17) is 0 Å². The van der Waals surface area contributed by atoms with Gasteiger partial charge in [-0.15, -0.1) is 0 Å². The Morgan fingerprint density at radius 2 is 1.93 bits per heavy atom. The van der Waals surface area contributed by atoms with Gasteiger partial charge in [-0.05, 0) is 44.1 Å². The zero-order valence-electron chi connectivity index (χ0n) is 10.7. The molecule has 15 heavy (non-hydrogen) atoms. The number of aliphatic hydroxyl groups is 1. The molecule has 1 aliphatic rings. The molecule has 0 heterocycles. The lowest BCUT2D eigenvalue weighted by Crippen LogP contribution is -2.46. The first-order valence-corrected chi connectivity index (χ1v) is 6.40. The van der Waals surface area contributed by atoms with Crippen LogP contribution in [0.4, 0.5) is 0 Å². The Kier molecular flexibility index (Phi) is 4.60. The van der Waals surface area contributed by atoms with Crippen molar-refractivity contribution in [2.45, 2.75) is 52.6 Å². The van der Waals surface area contributed by atoms with Crippen molar-refractivity contribution in [2.75, 3.05) is 13.1 Å². The van der Waals surface area contributed by atoms with E-state index in [0.717, 1.165) is 24.9 Å². The second-order valence-electron chi connectivity index (χ2n) is 5.60. The quantitative estimate of drug-likeness (QED) is 0.751.